The Morgan fingerprint density at radius 1 is 1.38 bits per heavy atom. The molecule has 5 nitrogen and oxygen atoms in total. The molecule has 1 N–H and O–H groups in total. The molecule has 21 heavy (non-hydrogen) atoms. The van der Waals surface area contributed by atoms with E-state index in [-0.39, 0.29) is 16.5 Å². The lowest BCUT2D eigenvalue weighted by Gasteiger charge is -2.15. The van der Waals surface area contributed by atoms with Crippen LogP contribution in [-0.2, 0) is 14.8 Å². The fourth-order valence-electron chi connectivity index (χ4n) is 2.59. The molecule has 1 fully saturated rings. The predicted octanol–water partition coefficient (Wildman–Crippen LogP) is 2.08. The zero-order chi connectivity index (χ0) is 15.6. The zero-order valence-corrected chi connectivity index (χ0v) is 12.7. The Hall–Kier alpha value is -1.47. The number of halogens is 1. The van der Waals surface area contributed by atoms with Gasteiger partial charge in [-0.05, 0) is 43.4 Å². The molecule has 0 amide bonds. The first-order valence-electron chi connectivity index (χ1n) is 6.73. The van der Waals surface area contributed by atoms with Gasteiger partial charge < -0.3 is 4.74 Å². The molecule has 1 saturated carbocycles. The van der Waals surface area contributed by atoms with Crippen molar-refractivity contribution in [3.63, 3.8) is 0 Å². The number of hydrogen-bond acceptors (Lipinski definition) is 4. The van der Waals surface area contributed by atoms with Crippen molar-refractivity contribution < 1.29 is 22.3 Å². The average Bonchev–Trinajstić information content (AvgIpc) is 2.82. The molecule has 0 aliphatic heterocycles. The van der Waals surface area contributed by atoms with Gasteiger partial charge in [-0.15, -0.1) is 0 Å². The number of methoxy groups -OCH3 is 1. The first-order valence-corrected chi connectivity index (χ1v) is 8.22. The van der Waals surface area contributed by atoms with Crippen LogP contribution in [0, 0.1) is 11.7 Å². The summed E-state index contributed by atoms with van der Waals surface area (Å²) in [5.74, 6) is -1.08. The smallest absolute Gasteiger partial charge is 0.339 e. The molecule has 1 aromatic rings. The van der Waals surface area contributed by atoms with Gasteiger partial charge in [-0.1, -0.05) is 6.92 Å². The highest BCUT2D eigenvalue weighted by Gasteiger charge is 2.29. The van der Waals surface area contributed by atoms with Crippen LogP contribution in [0.4, 0.5) is 4.39 Å². The number of sulfonamides is 1. The molecule has 2 atom stereocenters. The van der Waals surface area contributed by atoms with E-state index in [1.54, 1.807) is 0 Å². The van der Waals surface area contributed by atoms with Crippen LogP contribution in [0.2, 0.25) is 0 Å². The van der Waals surface area contributed by atoms with E-state index in [9.17, 15) is 17.6 Å². The zero-order valence-electron chi connectivity index (χ0n) is 11.9. The van der Waals surface area contributed by atoms with Crippen LogP contribution in [0.15, 0.2) is 23.1 Å². The number of rotatable bonds is 4. The van der Waals surface area contributed by atoms with Gasteiger partial charge in [-0.3, -0.25) is 0 Å². The fourth-order valence-corrected chi connectivity index (χ4v) is 4.08. The topological polar surface area (TPSA) is 72.5 Å². The number of esters is 1. The van der Waals surface area contributed by atoms with E-state index in [4.69, 9.17) is 0 Å². The second-order valence-corrected chi connectivity index (χ2v) is 7.05. The molecule has 2 unspecified atom stereocenters. The molecule has 7 heteroatoms. The lowest BCUT2D eigenvalue weighted by molar-refractivity contribution is 0.0596. The molecule has 1 aliphatic carbocycles. The Bertz CT molecular complexity index is 644. The third-order valence-corrected chi connectivity index (χ3v) is 5.22. The van der Waals surface area contributed by atoms with Crippen LogP contribution in [0.1, 0.15) is 36.5 Å². The third kappa shape index (κ3) is 3.59. The summed E-state index contributed by atoms with van der Waals surface area (Å²) in [7, 11) is -2.82. The maximum atomic E-state index is 13.4. The molecule has 0 radical (unpaired) electrons. The first kappa shape index (κ1) is 15.9. The van der Waals surface area contributed by atoms with Crippen LogP contribution in [-0.4, -0.2) is 27.5 Å². The van der Waals surface area contributed by atoms with Crippen LogP contribution in [0.25, 0.3) is 0 Å². The highest BCUT2D eigenvalue weighted by molar-refractivity contribution is 7.89. The average molecular weight is 315 g/mol. The summed E-state index contributed by atoms with van der Waals surface area (Å²) in [6.45, 7) is 2.05. The van der Waals surface area contributed by atoms with E-state index in [0.29, 0.717) is 5.92 Å². The monoisotopic (exact) mass is 315 g/mol. The number of ether oxygens (including phenoxy) is 1. The van der Waals surface area contributed by atoms with E-state index >= 15 is 0 Å². The Balaban J connectivity index is 2.34. The van der Waals surface area contributed by atoms with E-state index in [1.807, 2.05) is 0 Å². The number of nitrogens with one attached hydrogen (secondary N) is 1. The maximum absolute atomic E-state index is 13.4. The highest BCUT2D eigenvalue weighted by Crippen LogP contribution is 2.27. The summed E-state index contributed by atoms with van der Waals surface area (Å²) >= 11 is 0. The van der Waals surface area contributed by atoms with E-state index in [1.165, 1.54) is 0 Å². The van der Waals surface area contributed by atoms with E-state index < -0.39 is 21.8 Å². The number of hydrogen-bond donors (Lipinski definition) is 1. The molecule has 0 spiro atoms. The van der Waals surface area contributed by atoms with Gasteiger partial charge in [0.05, 0.1) is 17.6 Å². The first-order chi connectivity index (χ1) is 9.83. The second kappa shape index (κ2) is 6.11. The van der Waals surface area contributed by atoms with Gasteiger partial charge in [0.15, 0.2) is 0 Å². The summed E-state index contributed by atoms with van der Waals surface area (Å²) in [5, 5.41) is 0. The van der Waals surface area contributed by atoms with Gasteiger partial charge in [-0.25, -0.2) is 22.3 Å². The summed E-state index contributed by atoms with van der Waals surface area (Å²) in [6.07, 6.45) is 2.42. The lowest BCUT2D eigenvalue weighted by atomic mass is 10.1. The van der Waals surface area contributed by atoms with Crippen molar-refractivity contribution in [1.29, 1.82) is 0 Å². The highest BCUT2D eigenvalue weighted by atomic mass is 32.2. The van der Waals surface area contributed by atoms with Crippen molar-refractivity contribution in [1.82, 2.24) is 4.72 Å². The largest absolute Gasteiger partial charge is 0.465 e. The summed E-state index contributed by atoms with van der Waals surface area (Å²) in [6, 6.07) is 2.81. The molecule has 116 valence electrons. The molecule has 0 saturated heterocycles. The van der Waals surface area contributed by atoms with Gasteiger partial charge in [0, 0.05) is 6.04 Å². The Labute approximate surface area is 123 Å². The SMILES string of the molecule is COC(=O)c1ccc(F)cc1S(=O)(=O)NC1CCC(C)C1. The van der Waals surface area contributed by atoms with Gasteiger partial charge in [0.2, 0.25) is 10.0 Å². The van der Waals surface area contributed by atoms with Crippen LogP contribution < -0.4 is 4.72 Å². The number of carbonyl (C=O) groups excluding carboxylic acids is 1. The van der Waals surface area contributed by atoms with Crippen molar-refractivity contribution in [2.24, 2.45) is 5.92 Å². The molecule has 0 aromatic heterocycles. The Morgan fingerprint density at radius 3 is 2.67 bits per heavy atom. The normalized spacial score (nSPS) is 22.2. The van der Waals surface area contributed by atoms with Gasteiger partial charge in [0.1, 0.15) is 5.82 Å². The molecular weight excluding hydrogens is 297 g/mol. The van der Waals surface area contributed by atoms with Crippen molar-refractivity contribution in [2.75, 3.05) is 7.11 Å². The van der Waals surface area contributed by atoms with Gasteiger partial charge >= 0.3 is 5.97 Å². The lowest BCUT2D eigenvalue weighted by Crippen LogP contribution is -2.34. The van der Waals surface area contributed by atoms with Crippen molar-refractivity contribution in [3.05, 3.63) is 29.6 Å². The molecule has 1 aromatic carbocycles. The van der Waals surface area contributed by atoms with Crippen LogP contribution in [0.3, 0.4) is 0 Å². The minimum atomic E-state index is -3.97. The minimum absolute atomic E-state index is 0.169. The molecule has 2 rings (SSSR count). The van der Waals surface area contributed by atoms with Crippen molar-refractivity contribution in [3.8, 4) is 0 Å². The predicted molar refractivity (Wildman–Crippen MR) is 74.9 cm³/mol. The van der Waals surface area contributed by atoms with E-state index in [2.05, 4.69) is 16.4 Å². The van der Waals surface area contributed by atoms with E-state index in [0.717, 1.165) is 44.6 Å². The maximum Gasteiger partial charge on any atom is 0.339 e. The molecule has 1 aliphatic rings. The molecule has 0 heterocycles. The Morgan fingerprint density at radius 2 is 2.10 bits per heavy atom. The standard InChI is InChI=1S/C14H18FNO4S/c1-9-3-5-11(7-9)16-21(18,19)13-8-10(15)4-6-12(13)14(17)20-2/h4,6,8-9,11,16H,3,5,7H2,1-2H3. The van der Waals surface area contributed by atoms with Crippen LogP contribution in [0.5, 0.6) is 0 Å². The molecule has 0 bridgehead atoms. The third-order valence-electron chi connectivity index (χ3n) is 3.66. The summed E-state index contributed by atoms with van der Waals surface area (Å²) in [4.78, 5) is 11.3. The molecular formula is C14H18FNO4S. The van der Waals surface area contributed by atoms with Crippen LogP contribution >= 0.6 is 0 Å². The summed E-state index contributed by atoms with van der Waals surface area (Å²) < 4.78 is 45.3. The quantitative estimate of drug-likeness (QED) is 0.864. The minimum Gasteiger partial charge on any atom is -0.465 e. The van der Waals surface area contributed by atoms with Gasteiger partial charge in [-0.2, -0.15) is 0 Å². The number of benzene rings is 1. The van der Waals surface area contributed by atoms with Crippen molar-refractivity contribution >= 4 is 16.0 Å². The van der Waals surface area contributed by atoms with Gasteiger partial charge in [0.25, 0.3) is 0 Å². The Kier molecular flexibility index (Phi) is 4.63. The summed E-state index contributed by atoms with van der Waals surface area (Å²) in [5.41, 5.74) is -0.169. The fraction of sp³-hybridized carbons (Fsp3) is 0.500. The van der Waals surface area contributed by atoms with Crippen molar-refractivity contribution in [2.45, 2.75) is 37.1 Å². The second-order valence-electron chi connectivity index (χ2n) is 5.37. The number of carbonyl (C=O) groups is 1.